The van der Waals surface area contributed by atoms with Gasteiger partial charge < -0.3 is 9.13 Å². The molecule has 6 nitrogen and oxygen atoms in total. The van der Waals surface area contributed by atoms with Crippen LogP contribution in [0.3, 0.4) is 0 Å². The lowest BCUT2D eigenvalue weighted by Gasteiger charge is -2.19. The molecule has 12 aromatic rings. The summed E-state index contributed by atoms with van der Waals surface area (Å²) in [6, 6.07) is 73.3. The van der Waals surface area contributed by atoms with Gasteiger partial charge >= 0.3 is 0 Å². The molecule has 0 spiro atoms. The number of nitrogens with zero attached hydrogens (tertiary/aromatic N) is 6. The van der Waals surface area contributed by atoms with Crippen molar-refractivity contribution in [1.82, 2.24) is 19.1 Å². The van der Waals surface area contributed by atoms with Crippen LogP contribution in [0.15, 0.2) is 219 Å². The first kappa shape index (κ1) is 38.3. The van der Waals surface area contributed by atoms with Gasteiger partial charge in [0.25, 0.3) is 0 Å². The molecule has 0 radical (unpaired) electrons. The monoisotopic (exact) mass is 840 g/mol. The summed E-state index contributed by atoms with van der Waals surface area (Å²) in [4.78, 5) is 13.6. The van der Waals surface area contributed by atoms with Gasteiger partial charge in [0.15, 0.2) is 5.69 Å². The van der Waals surface area contributed by atoms with Gasteiger partial charge in [-0.2, -0.15) is 5.26 Å². The maximum absolute atomic E-state index is 11.3. The summed E-state index contributed by atoms with van der Waals surface area (Å²) in [6.07, 6.45) is 3.87. The summed E-state index contributed by atoms with van der Waals surface area (Å²) in [5.74, 6) is 0. The number of nitriles is 1. The molecule has 0 saturated carbocycles. The fraction of sp³-hybridized carbons (Fsp3) is 0. The van der Waals surface area contributed by atoms with Crippen molar-refractivity contribution in [3.63, 3.8) is 0 Å². The lowest BCUT2D eigenvalue weighted by molar-refractivity contribution is 1.14. The van der Waals surface area contributed by atoms with Gasteiger partial charge in [0.2, 0.25) is 0 Å². The zero-order valence-electron chi connectivity index (χ0n) is 35.5. The molecule has 0 amide bonds. The molecule has 306 valence electrons. The van der Waals surface area contributed by atoms with Gasteiger partial charge in [-0.05, 0) is 71.3 Å². The van der Waals surface area contributed by atoms with Crippen molar-refractivity contribution in [2.24, 2.45) is 0 Å². The van der Waals surface area contributed by atoms with E-state index >= 15 is 0 Å². The summed E-state index contributed by atoms with van der Waals surface area (Å²) >= 11 is 0. The van der Waals surface area contributed by atoms with E-state index in [1.807, 2.05) is 79.1 Å². The summed E-state index contributed by atoms with van der Waals surface area (Å²) in [7, 11) is 0. The molecule has 6 heteroatoms. The van der Waals surface area contributed by atoms with Crippen LogP contribution in [-0.4, -0.2) is 19.1 Å². The fourth-order valence-electron chi connectivity index (χ4n) is 9.52. The highest BCUT2D eigenvalue weighted by Gasteiger charge is 2.23. The lowest BCUT2D eigenvalue weighted by Crippen LogP contribution is -2.04. The third-order valence-electron chi connectivity index (χ3n) is 12.7. The van der Waals surface area contributed by atoms with E-state index in [0.29, 0.717) is 11.3 Å². The molecule has 0 N–H and O–H groups in total. The predicted molar refractivity (Wildman–Crippen MR) is 269 cm³/mol. The van der Waals surface area contributed by atoms with Crippen molar-refractivity contribution >= 4 is 49.3 Å². The summed E-state index contributed by atoms with van der Waals surface area (Å²) in [6.45, 7) is 7.99. The predicted octanol–water partition coefficient (Wildman–Crippen LogP) is 15.4. The number of aromatic nitrogens is 4. The second-order valence-corrected chi connectivity index (χ2v) is 16.4. The van der Waals surface area contributed by atoms with E-state index in [1.165, 1.54) is 0 Å². The molecule has 0 bridgehead atoms. The molecule has 0 aliphatic heterocycles. The summed E-state index contributed by atoms with van der Waals surface area (Å²) in [5.41, 5.74) is 16.4. The maximum Gasteiger partial charge on any atom is 0.187 e. The van der Waals surface area contributed by atoms with Crippen LogP contribution in [0.5, 0.6) is 0 Å². The van der Waals surface area contributed by atoms with Crippen molar-refractivity contribution in [3.05, 3.63) is 236 Å². The molecular formula is C60H36N6. The first-order valence-corrected chi connectivity index (χ1v) is 21.8. The van der Waals surface area contributed by atoms with E-state index in [9.17, 15) is 5.26 Å². The molecule has 0 aliphatic rings. The normalized spacial score (nSPS) is 11.3. The van der Waals surface area contributed by atoms with E-state index in [4.69, 9.17) is 16.5 Å². The largest absolute Gasteiger partial charge is 0.309 e. The van der Waals surface area contributed by atoms with Gasteiger partial charge in [0.05, 0.1) is 57.0 Å². The third-order valence-corrected chi connectivity index (χ3v) is 12.7. The first-order valence-electron chi connectivity index (χ1n) is 21.8. The first-order chi connectivity index (χ1) is 32.6. The van der Waals surface area contributed by atoms with Crippen molar-refractivity contribution in [1.29, 1.82) is 5.26 Å². The van der Waals surface area contributed by atoms with Crippen LogP contribution >= 0.6 is 0 Å². The quantitative estimate of drug-likeness (QED) is 0.150. The van der Waals surface area contributed by atoms with Crippen LogP contribution in [0, 0.1) is 17.9 Å². The van der Waals surface area contributed by atoms with Crippen molar-refractivity contribution in [2.45, 2.75) is 0 Å². The minimum Gasteiger partial charge on any atom is -0.309 e. The van der Waals surface area contributed by atoms with Gasteiger partial charge in [-0.25, -0.2) is 4.85 Å². The molecule has 12 rings (SSSR count). The van der Waals surface area contributed by atoms with Crippen molar-refractivity contribution < 1.29 is 0 Å². The molecule has 66 heavy (non-hydrogen) atoms. The molecule has 8 aromatic carbocycles. The number of benzene rings is 8. The maximum atomic E-state index is 11.3. The lowest BCUT2D eigenvalue weighted by atomic mass is 9.98. The Balaban J connectivity index is 1.08. The zero-order chi connectivity index (χ0) is 44.1. The van der Waals surface area contributed by atoms with E-state index < -0.39 is 0 Å². The van der Waals surface area contributed by atoms with Gasteiger partial charge in [0, 0.05) is 61.8 Å². The highest BCUT2D eigenvalue weighted by Crippen LogP contribution is 2.43. The van der Waals surface area contributed by atoms with Crippen LogP contribution in [0.1, 0.15) is 5.56 Å². The Kier molecular flexibility index (Phi) is 9.16. The molecule has 4 heterocycles. The highest BCUT2D eigenvalue weighted by atomic mass is 15.0. The number of para-hydroxylation sites is 2. The van der Waals surface area contributed by atoms with Crippen LogP contribution in [0.4, 0.5) is 5.69 Å². The Hall–Kier alpha value is -9.36. The number of pyridine rings is 2. The highest BCUT2D eigenvalue weighted by molar-refractivity contribution is 6.12. The summed E-state index contributed by atoms with van der Waals surface area (Å²) < 4.78 is 4.50. The minimum absolute atomic E-state index is 0.514. The van der Waals surface area contributed by atoms with E-state index in [2.05, 4.69) is 160 Å². The molecule has 0 fully saturated rings. The second-order valence-electron chi connectivity index (χ2n) is 16.4. The average Bonchev–Trinajstić information content (AvgIpc) is 3.91. The number of hydrogen-bond acceptors (Lipinski definition) is 3. The average molecular weight is 841 g/mol. The fourth-order valence-corrected chi connectivity index (χ4v) is 9.52. The molecule has 0 atom stereocenters. The number of fused-ring (bicyclic) bond motifs is 6. The van der Waals surface area contributed by atoms with Crippen LogP contribution < -0.4 is 0 Å². The van der Waals surface area contributed by atoms with Crippen molar-refractivity contribution in [3.8, 4) is 73.3 Å². The van der Waals surface area contributed by atoms with E-state index in [-0.39, 0.29) is 0 Å². The molecular weight excluding hydrogens is 805 g/mol. The Bertz CT molecular complexity index is 3920. The topological polar surface area (TPSA) is 63.8 Å². The summed E-state index contributed by atoms with van der Waals surface area (Å²) in [5, 5.41) is 15.6. The molecule has 0 saturated heterocycles. The number of rotatable bonds is 7. The minimum atomic E-state index is 0.514. The van der Waals surface area contributed by atoms with Crippen LogP contribution in [0.2, 0.25) is 0 Å². The third kappa shape index (κ3) is 6.41. The second kappa shape index (κ2) is 15.8. The molecule has 4 aromatic heterocycles. The standard InChI is InChI=1S/C60H36N6/c1-62-47-18-12-17-43(31-47)52-35-57(65-55-21-10-8-19-48(55)50-27-23-41(32-58(50)65)44-25-29-53(63-37-44)39-13-4-2-5-14-39)46(36-61)34-60(52)66-56-22-11-9-20-49(56)51-28-24-42(33-59(51)66)45-26-30-54(64-38-45)40-15-6-3-7-16-40/h2-35,37-38H. The molecule has 0 aliphatic carbocycles. The molecule has 0 unspecified atom stereocenters. The number of hydrogen-bond donors (Lipinski definition) is 0. The van der Waals surface area contributed by atoms with E-state index in [0.717, 1.165) is 111 Å². The van der Waals surface area contributed by atoms with Gasteiger partial charge in [-0.3, -0.25) is 9.97 Å². The van der Waals surface area contributed by atoms with Gasteiger partial charge in [0.1, 0.15) is 6.07 Å². The Labute approximate surface area is 381 Å². The van der Waals surface area contributed by atoms with E-state index in [1.54, 1.807) is 0 Å². The van der Waals surface area contributed by atoms with Gasteiger partial charge in [-0.15, -0.1) is 0 Å². The Morgan fingerprint density at radius 1 is 0.394 bits per heavy atom. The SMILES string of the molecule is [C-]#[N+]c1cccc(-c2cc(-n3c4ccccc4c4ccc(-c5ccc(-c6ccccc6)nc5)cc43)c(C#N)cc2-n2c3ccccc3c3ccc(-c4ccc(-c5ccccc5)nc4)cc32)c1. The van der Waals surface area contributed by atoms with Crippen LogP contribution in [-0.2, 0) is 0 Å². The Morgan fingerprint density at radius 2 is 0.879 bits per heavy atom. The van der Waals surface area contributed by atoms with Gasteiger partial charge in [-0.1, -0.05) is 152 Å². The smallest absolute Gasteiger partial charge is 0.187 e. The van der Waals surface area contributed by atoms with Crippen molar-refractivity contribution in [2.75, 3.05) is 0 Å². The van der Waals surface area contributed by atoms with Crippen LogP contribution in [0.25, 0.3) is 116 Å². The zero-order valence-corrected chi connectivity index (χ0v) is 35.5. The Morgan fingerprint density at radius 3 is 1.39 bits per heavy atom.